The number of fused-ring (bicyclic) bond motifs is 1. The third-order valence-corrected chi connectivity index (χ3v) is 7.08. The van der Waals surface area contributed by atoms with Gasteiger partial charge in [-0.2, -0.15) is 0 Å². The highest BCUT2D eigenvalue weighted by Crippen LogP contribution is 2.45. The van der Waals surface area contributed by atoms with Gasteiger partial charge in [0, 0.05) is 5.56 Å². The molecule has 1 atom stereocenters. The Hall–Kier alpha value is -4.37. The molecule has 1 saturated heterocycles. The van der Waals surface area contributed by atoms with Crippen LogP contribution in [0.2, 0.25) is 0 Å². The van der Waals surface area contributed by atoms with Gasteiger partial charge in [-0.15, -0.1) is 0 Å². The van der Waals surface area contributed by atoms with E-state index in [0.717, 1.165) is 4.70 Å². The molecule has 1 amide bonds. The fourth-order valence-electron chi connectivity index (χ4n) is 4.33. The summed E-state index contributed by atoms with van der Waals surface area (Å²) in [6.07, 6.45) is 0. The SMILES string of the molecule is CCOc1ccc2nc(N3C(=O)C(=O)C(=C(O)c4cccc(OC)c4)C3c3cccc(OC)c3)sc2c1. The minimum absolute atomic E-state index is 0.0410. The fourth-order valence-corrected chi connectivity index (χ4v) is 5.36. The number of benzene rings is 3. The van der Waals surface area contributed by atoms with Gasteiger partial charge in [-0.05, 0) is 55.0 Å². The predicted molar refractivity (Wildman–Crippen MR) is 142 cm³/mol. The van der Waals surface area contributed by atoms with Gasteiger partial charge in [-0.3, -0.25) is 14.5 Å². The minimum Gasteiger partial charge on any atom is -0.507 e. The number of ether oxygens (including phenoxy) is 3. The number of anilines is 1. The van der Waals surface area contributed by atoms with Crippen LogP contribution in [0.4, 0.5) is 5.13 Å². The standard InChI is InChI=1S/C28H24N2O6S/c1-4-36-20-11-12-21-22(15-20)37-28(29-21)30-24(16-7-5-9-18(13-16)34-2)23(26(32)27(30)33)25(31)17-8-6-10-19(14-17)35-3/h5-15,24,31H,4H2,1-3H3. The molecule has 2 heterocycles. The summed E-state index contributed by atoms with van der Waals surface area (Å²) in [4.78, 5) is 32.9. The van der Waals surface area contributed by atoms with Crippen LogP contribution in [-0.2, 0) is 9.59 Å². The van der Waals surface area contributed by atoms with Crippen LogP contribution in [0.5, 0.6) is 17.2 Å². The molecule has 9 heteroatoms. The zero-order valence-electron chi connectivity index (χ0n) is 20.4. The average Bonchev–Trinajstić information content (AvgIpc) is 3.46. The van der Waals surface area contributed by atoms with E-state index in [-0.39, 0.29) is 11.3 Å². The largest absolute Gasteiger partial charge is 0.507 e. The lowest BCUT2D eigenvalue weighted by Crippen LogP contribution is -2.29. The van der Waals surface area contributed by atoms with Crippen LogP contribution in [0.25, 0.3) is 16.0 Å². The number of aromatic nitrogens is 1. The Morgan fingerprint density at radius 3 is 2.43 bits per heavy atom. The maximum atomic E-state index is 13.5. The summed E-state index contributed by atoms with van der Waals surface area (Å²) in [6, 6.07) is 18.3. The van der Waals surface area contributed by atoms with Crippen molar-refractivity contribution >= 4 is 44.1 Å². The highest BCUT2D eigenvalue weighted by atomic mass is 32.1. The number of carbonyl (C=O) groups excluding carboxylic acids is 2. The molecule has 1 aliphatic rings. The van der Waals surface area contributed by atoms with Crippen LogP contribution in [-0.4, -0.2) is 42.6 Å². The van der Waals surface area contributed by atoms with Crippen molar-refractivity contribution in [1.82, 2.24) is 4.98 Å². The molecule has 0 radical (unpaired) electrons. The first kappa shape index (κ1) is 24.3. The molecule has 37 heavy (non-hydrogen) atoms. The maximum absolute atomic E-state index is 13.5. The minimum atomic E-state index is -0.923. The summed E-state index contributed by atoms with van der Waals surface area (Å²) in [7, 11) is 3.05. The van der Waals surface area contributed by atoms with E-state index in [1.54, 1.807) is 48.5 Å². The number of rotatable bonds is 7. The van der Waals surface area contributed by atoms with E-state index in [4.69, 9.17) is 14.2 Å². The van der Waals surface area contributed by atoms with E-state index in [2.05, 4.69) is 4.98 Å². The van der Waals surface area contributed by atoms with E-state index in [0.29, 0.717) is 45.6 Å². The zero-order valence-corrected chi connectivity index (χ0v) is 21.2. The van der Waals surface area contributed by atoms with Gasteiger partial charge in [-0.25, -0.2) is 4.98 Å². The van der Waals surface area contributed by atoms with Gasteiger partial charge in [-0.1, -0.05) is 35.6 Å². The van der Waals surface area contributed by atoms with E-state index in [9.17, 15) is 14.7 Å². The van der Waals surface area contributed by atoms with E-state index >= 15 is 0 Å². The van der Waals surface area contributed by atoms with Crippen LogP contribution in [0.1, 0.15) is 24.1 Å². The molecule has 1 aliphatic heterocycles. The molecule has 0 bridgehead atoms. The van der Waals surface area contributed by atoms with Crippen molar-refractivity contribution in [2.24, 2.45) is 0 Å². The van der Waals surface area contributed by atoms with E-state index in [1.807, 2.05) is 25.1 Å². The number of hydrogen-bond donors (Lipinski definition) is 1. The van der Waals surface area contributed by atoms with Crippen molar-refractivity contribution in [3.8, 4) is 17.2 Å². The van der Waals surface area contributed by atoms with Crippen LogP contribution in [0.15, 0.2) is 72.3 Å². The summed E-state index contributed by atoms with van der Waals surface area (Å²) >= 11 is 1.27. The highest BCUT2D eigenvalue weighted by molar-refractivity contribution is 7.22. The topological polar surface area (TPSA) is 98.2 Å². The molecule has 1 N–H and O–H groups in total. The third-order valence-electron chi connectivity index (χ3n) is 6.06. The van der Waals surface area contributed by atoms with Gasteiger partial charge in [0.15, 0.2) is 5.13 Å². The number of carbonyl (C=O) groups is 2. The second-order valence-electron chi connectivity index (χ2n) is 8.24. The molecule has 188 valence electrons. The molecule has 3 aromatic carbocycles. The van der Waals surface area contributed by atoms with Crippen LogP contribution in [0.3, 0.4) is 0 Å². The zero-order chi connectivity index (χ0) is 26.1. The van der Waals surface area contributed by atoms with E-state index < -0.39 is 17.7 Å². The molecule has 0 spiro atoms. The Balaban J connectivity index is 1.71. The number of Topliss-reactive ketones (excluding diaryl/α,β-unsaturated/α-hetero) is 1. The Bertz CT molecular complexity index is 1540. The molecule has 0 aliphatic carbocycles. The predicted octanol–water partition coefficient (Wildman–Crippen LogP) is 5.34. The molecule has 0 saturated carbocycles. The molecule has 1 unspecified atom stereocenters. The molecular formula is C28H24N2O6S. The molecule has 8 nitrogen and oxygen atoms in total. The van der Waals surface area contributed by atoms with Crippen molar-refractivity contribution < 1.29 is 28.9 Å². The molecular weight excluding hydrogens is 492 g/mol. The second kappa shape index (κ2) is 9.94. The van der Waals surface area contributed by atoms with Gasteiger partial charge < -0.3 is 19.3 Å². The van der Waals surface area contributed by atoms with Crippen LogP contribution in [0, 0.1) is 0 Å². The number of methoxy groups -OCH3 is 2. The van der Waals surface area contributed by atoms with Crippen molar-refractivity contribution in [1.29, 1.82) is 0 Å². The third kappa shape index (κ3) is 4.38. The quantitative estimate of drug-likeness (QED) is 0.201. The number of ketones is 1. The Morgan fingerprint density at radius 2 is 1.70 bits per heavy atom. The molecule has 1 fully saturated rings. The van der Waals surface area contributed by atoms with Crippen molar-refractivity contribution in [2.45, 2.75) is 13.0 Å². The average molecular weight is 517 g/mol. The second-order valence-corrected chi connectivity index (χ2v) is 9.25. The molecule has 5 rings (SSSR count). The van der Waals surface area contributed by atoms with Gasteiger partial charge in [0.1, 0.15) is 23.0 Å². The lowest BCUT2D eigenvalue weighted by molar-refractivity contribution is -0.132. The van der Waals surface area contributed by atoms with Gasteiger partial charge in [0.2, 0.25) is 0 Å². The number of amides is 1. The fraction of sp³-hybridized carbons (Fsp3) is 0.179. The highest BCUT2D eigenvalue weighted by Gasteiger charge is 2.48. The van der Waals surface area contributed by atoms with Crippen molar-refractivity contribution in [2.75, 3.05) is 25.7 Å². The number of hydrogen-bond acceptors (Lipinski definition) is 8. The lowest BCUT2D eigenvalue weighted by Gasteiger charge is -2.23. The molecule has 4 aromatic rings. The number of aliphatic hydroxyl groups excluding tert-OH is 1. The smallest absolute Gasteiger partial charge is 0.301 e. The monoisotopic (exact) mass is 516 g/mol. The Kier molecular flexibility index (Phi) is 6.54. The van der Waals surface area contributed by atoms with E-state index in [1.165, 1.54) is 30.5 Å². The van der Waals surface area contributed by atoms with Crippen LogP contribution >= 0.6 is 11.3 Å². The van der Waals surface area contributed by atoms with Crippen LogP contribution < -0.4 is 19.1 Å². The first-order valence-corrected chi connectivity index (χ1v) is 12.4. The lowest BCUT2D eigenvalue weighted by atomic mass is 9.95. The summed E-state index contributed by atoms with van der Waals surface area (Å²) in [5, 5.41) is 11.7. The van der Waals surface area contributed by atoms with Gasteiger partial charge in [0.05, 0.1) is 42.7 Å². The number of nitrogens with zero attached hydrogens (tertiary/aromatic N) is 2. The number of thiazole rings is 1. The van der Waals surface area contributed by atoms with Crippen molar-refractivity contribution in [3.05, 3.63) is 83.4 Å². The summed E-state index contributed by atoms with van der Waals surface area (Å²) in [5.41, 5.74) is 1.58. The normalized spacial score (nSPS) is 16.8. The summed E-state index contributed by atoms with van der Waals surface area (Å²) in [5.74, 6) is -0.131. The number of aliphatic hydroxyl groups is 1. The summed E-state index contributed by atoms with van der Waals surface area (Å²) in [6.45, 7) is 2.42. The van der Waals surface area contributed by atoms with Crippen molar-refractivity contribution in [3.63, 3.8) is 0 Å². The van der Waals surface area contributed by atoms with Gasteiger partial charge in [0.25, 0.3) is 5.78 Å². The van der Waals surface area contributed by atoms with Gasteiger partial charge >= 0.3 is 5.91 Å². The Labute approximate surface area is 217 Å². The summed E-state index contributed by atoms with van der Waals surface area (Å²) < 4.78 is 17.1. The first-order chi connectivity index (χ1) is 17.9. The first-order valence-electron chi connectivity index (χ1n) is 11.6. The Morgan fingerprint density at radius 1 is 0.973 bits per heavy atom. The molecule has 1 aromatic heterocycles. The maximum Gasteiger partial charge on any atom is 0.301 e.